The van der Waals surface area contributed by atoms with Gasteiger partial charge in [-0.1, -0.05) is 13.8 Å². The molecule has 2 aromatic rings. The van der Waals surface area contributed by atoms with E-state index in [-0.39, 0.29) is 31.2 Å². The molecule has 2 amide bonds. The van der Waals surface area contributed by atoms with Gasteiger partial charge in [0, 0.05) is 48.7 Å². The molecule has 0 bridgehead atoms. The number of anilines is 1. The van der Waals surface area contributed by atoms with Gasteiger partial charge in [-0.3, -0.25) is 14.4 Å². The van der Waals surface area contributed by atoms with E-state index in [4.69, 9.17) is 5.11 Å². The Hall–Kier alpha value is -2.83. The predicted octanol–water partition coefficient (Wildman–Crippen LogP) is 3.09. The van der Waals surface area contributed by atoms with Crippen LogP contribution in [0.15, 0.2) is 30.5 Å². The van der Waals surface area contributed by atoms with Crippen LogP contribution in [0.2, 0.25) is 0 Å². The molecule has 146 valence electrons. The summed E-state index contributed by atoms with van der Waals surface area (Å²) in [7, 11) is 0. The molecule has 7 nitrogen and oxygen atoms in total. The van der Waals surface area contributed by atoms with Crippen molar-refractivity contribution in [2.24, 2.45) is 0 Å². The summed E-state index contributed by atoms with van der Waals surface area (Å²) < 4.78 is 1.64. The SMILES string of the molecule is CCCN(CCC)C(=O)CCC(=O)Nc1ccc2c(ccn2CC(=O)O)c1. The number of nitrogens with zero attached hydrogens (tertiary/aromatic N) is 2. The van der Waals surface area contributed by atoms with Gasteiger partial charge < -0.3 is 19.9 Å². The van der Waals surface area contributed by atoms with Crippen LogP contribution in [0.25, 0.3) is 10.9 Å². The highest BCUT2D eigenvalue weighted by molar-refractivity contribution is 5.95. The van der Waals surface area contributed by atoms with Gasteiger partial charge in [-0.05, 0) is 37.1 Å². The molecule has 0 aliphatic rings. The molecule has 0 spiro atoms. The van der Waals surface area contributed by atoms with Crippen LogP contribution < -0.4 is 5.32 Å². The normalized spacial score (nSPS) is 10.7. The second kappa shape index (κ2) is 9.75. The molecule has 0 unspecified atom stereocenters. The maximum Gasteiger partial charge on any atom is 0.323 e. The first-order valence-electron chi connectivity index (χ1n) is 9.32. The molecule has 27 heavy (non-hydrogen) atoms. The Balaban J connectivity index is 1.93. The second-order valence-electron chi connectivity index (χ2n) is 6.54. The highest BCUT2D eigenvalue weighted by Crippen LogP contribution is 2.21. The molecule has 0 fully saturated rings. The number of carbonyl (C=O) groups excluding carboxylic acids is 2. The van der Waals surface area contributed by atoms with Gasteiger partial charge in [0.05, 0.1) is 0 Å². The largest absolute Gasteiger partial charge is 0.480 e. The van der Waals surface area contributed by atoms with Gasteiger partial charge >= 0.3 is 5.97 Å². The van der Waals surface area contributed by atoms with Gasteiger partial charge in [0.15, 0.2) is 0 Å². The average Bonchev–Trinajstić information content (AvgIpc) is 3.01. The van der Waals surface area contributed by atoms with Crippen molar-refractivity contribution in [3.05, 3.63) is 30.5 Å². The van der Waals surface area contributed by atoms with Crippen LogP contribution in [0, 0.1) is 0 Å². The number of carboxylic acid groups (broad SMARTS) is 1. The van der Waals surface area contributed by atoms with Crippen LogP contribution in [-0.2, 0) is 20.9 Å². The molecule has 1 heterocycles. The highest BCUT2D eigenvalue weighted by Gasteiger charge is 2.14. The van der Waals surface area contributed by atoms with Crippen molar-refractivity contribution >= 4 is 34.4 Å². The summed E-state index contributed by atoms with van der Waals surface area (Å²) in [5.41, 5.74) is 1.42. The quantitative estimate of drug-likeness (QED) is 0.669. The summed E-state index contributed by atoms with van der Waals surface area (Å²) in [5, 5.41) is 12.6. The predicted molar refractivity (Wildman–Crippen MR) is 105 cm³/mol. The summed E-state index contributed by atoms with van der Waals surface area (Å²) in [6.07, 6.45) is 3.85. The van der Waals surface area contributed by atoms with Crippen molar-refractivity contribution in [1.29, 1.82) is 0 Å². The summed E-state index contributed by atoms with van der Waals surface area (Å²) in [6.45, 7) is 5.39. The maximum absolute atomic E-state index is 12.2. The lowest BCUT2D eigenvalue weighted by Gasteiger charge is -2.21. The smallest absolute Gasteiger partial charge is 0.323 e. The highest BCUT2D eigenvalue weighted by atomic mass is 16.4. The first-order chi connectivity index (χ1) is 12.9. The molecule has 0 saturated carbocycles. The number of rotatable bonds is 10. The van der Waals surface area contributed by atoms with E-state index in [1.54, 1.807) is 29.0 Å². The van der Waals surface area contributed by atoms with Crippen molar-refractivity contribution in [3.63, 3.8) is 0 Å². The zero-order valence-electron chi connectivity index (χ0n) is 15.9. The van der Waals surface area contributed by atoms with Crippen molar-refractivity contribution in [3.8, 4) is 0 Å². The number of hydrogen-bond acceptors (Lipinski definition) is 3. The Morgan fingerprint density at radius 2 is 1.78 bits per heavy atom. The summed E-state index contributed by atoms with van der Waals surface area (Å²) in [5.74, 6) is -1.11. The van der Waals surface area contributed by atoms with Crippen molar-refractivity contribution < 1.29 is 19.5 Å². The number of hydrogen-bond donors (Lipinski definition) is 2. The van der Waals surface area contributed by atoms with Crippen LogP contribution in [0.3, 0.4) is 0 Å². The fourth-order valence-electron chi connectivity index (χ4n) is 3.06. The third-order valence-electron chi connectivity index (χ3n) is 4.27. The molecule has 0 saturated heterocycles. The van der Waals surface area contributed by atoms with E-state index in [0.717, 1.165) is 36.8 Å². The molecule has 1 aromatic heterocycles. The monoisotopic (exact) mass is 373 g/mol. The van der Waals surface area contributed by atoms with E-state index in [2.05, 4.69) is 5.32 Å². The molecule has 2 N–H and O–H groups in total. The molecule has 0 atom stereocenters. The Morgan fingerprint density at radius 1 is 1.07 bits per heavy atom. The minimum atomic E-state index is -0.908. The zero-order chi connectivity index (χ0) is 19.8. The van der Waals surface area contributed by atoms with E-state index in [1.165, 1.54) is 0 Å². The number of carboxylic acids is 1. The lowest BCUT2D eigenvalue weighted by molar-refractivity contribution is -0.137. The molecular formula is C20H27N3O4. The fourth-order valence-corrected chi connectivity index (χ4v) is 3.06. The van der Waals surface area contributed by atoms with Crippen molar-refractivity contribution in [2.45, 2.75) is 46.1 Å². The average molecular weight is 373 g/mol. The van der Waals surface area contributed by atoms with Gasteiger partial charge in [-0.25, -0.2) is 0 Å². The second-order valence-corrected chi connectivity index (χ2v) is 6.54. The Labute approximate surface area is 159 Å². The van der Waals surface area contributed by atoms with Gasteiger partial charge in [0.2, 0.25) is 11.8 Å². The van der Waals surface area contributed by atoms with Crippen LogP contribution in [0.4, 0.5) is 5.69 Å². The number of fused-ring (bicyclic) bond motifs is 1. The number of nitrogens with one attached hydrogen (secondary N) is 1. The first kappa shape index (κ1) is 20.5. The van der Waals surface area contributed by atoms with E-state index in [1.807, 2.05) is 24.8 Å². The van der Waals surface area contributed by atoms with Crippen molar-refractivity contribution in [1.82, 2.24) is 9.47 Å². The number of aliphatic carboxylic acids is 1. The lowest BCUT2D eigenvalue weighted by Crippen LogP contribution is -2.33. The standard InChI is InChI=1S/C20H27N3O4/c1-3-10-22(11-4-2)19(25)8-7-18(24)21-16-5-6-17-15(13-16)9-12-23(17)14-20(26)27/h5-6,9,12-13H,3-4,7-8,10-11,14H2,1-2H3,(H,21,24)(H,26,27). The Morgan fingerprint density at radius 3 is 2.41 bits per heavy atom. The lowest BCUT2D eigenvalue weighted by atomic mass is 10.2. The van der Waals surface area contributed by atoms with E-state index in [0.29, 0.717) is 5.69 Å². The fraction of sp³-hybridized carbons (Fsp3) is 0.450. The summed E-state index contributed by atoms with van der Waals surface area (Å²) in [4.78, 5) is 37.1. The van der Waals surface area contributed by atoms with Crippen LogP contribution >= 0.6 is 0 Å². The molecule has 7 heteroatoms. The zero-order valence-corrected chi connectivity index (χ0v) is 15.9. The van der Waals surface area contributed by atoms with Crippen LogP contribution in [-0.4, -0.2) is 45.4 Å². The molecule has 2 rings (SSSR count). The van der Waals surface area contributed by atoms with E-state index in [9.17, 15) is 14.4 Å². The van der Waals surface area contributed by atoms with Crippen LogP contribution in [0.5, 0.6) is 0 Å². The molecule has 0 aliphatic carbocycles. The van der Waals surface area contributed by atoms with Gasteiger partial charge in [0.1, 0.15) is 6.54 Å². The third-order valence-corrected chi connectivity index (χ3v) is 4.27. The molecular weight excluding hydrogens is 346 g/mol. The van der Waals surface area contributed by atoms with Gasteiger partial charge in [-0.2, -0.15) is 0 Å². The topological polar surface area (TPSA) is 91.6 Å². The molecule has 0 radical (unpaired) electrons. The summed E-state index contributed by atoms with van der Waals surface area (Å²) in [6, 6.07) is 7.13. The number of benzene rings is 1. The number of aromatic nitrogens is 1. The Bertz CT molecular complexity index is 807. The molecule has 0 aliphatic heterocycles. The van der Waals surface area contributed by atoms with Gasteiger partial charge in [0.25, 0.3) is 0 Å². The Kier molecular flexibility index (Phi) is 7.40. The van der Waals surface area contributed by atoms with Crippen molar-refractivity contribution in [2.75, 3.05) is 18.4 Å². The number of amides is 2. The molecule has 1 aromatic carbocycles. The van der Waals surface area contributed by atoms with E-state index < -0.39 is 5.97 Å². The minimum Gasteiger partial charge on any atom is -0.480 e. The van der Waals surface area contributed by atoms with Crippen LogP contribution in [0.1, 0.15) is 39.5 Å². The summed E-state index contributed by atoms with van der Waals surface area (Å²) >= 11 is 0. The maximum atomic E-state index is 12.2. The first-order valence-corrected chi connectivity index (χ1v) is 9.32. The number of carbonyl (C=O) groups is 3. The van der Waals surface area contributed by atoms with E-state index >= 15 is 0 Å². The minimum absolute atomic E-state index is 0.00930. The third kappa shape index (κ3) is 5.84. The van der Waals surface area contributed by atoms with Gasteiger partial charge in [-0.15, -0.1) is 0 Å².